The second-order valence-electron chi connectivity index (χ2n) is 10.0. The number of carboxylic acids is 1. The molecular weight excluding hydrogens is 552 g/mol. The van der Waals surface area contributed by atoms with Crippen molar-refractivity contribution < 1.29 is 27.9 Å². The average Bonchev–Trinajstić information content (AvgIpc) is 3.60. The lowest BCUT2D eigenvalue weighted by Gasteiger charge is -2.23. The van der Waals surface area contributed by atoms with Crippen molar-refractivity contribution in [3.63, 3.8) is 0 Å². The molecule has 1 aromatic carbocycles. The van der Waals surface area contributed by atoms with E-state index in [-0.39, 0.29) is 36.9 Å². The molecule has 0 aliphatic heterocycles. The Morgan fingerprint density at radius 3 is 2.50 bits per heavy atom. The number of methoxy groups -OCH3 is 1. The predicted octanol–water partition coefficient (Wildman–Crippen LogP) is 4.67. The third-order valence-electron chi connectivity index (χ3n) is 7.31. The zero-order valence-electron chi connectivity index (χ0n) is 22.8. The van der Waals surface area contributed by atoms with Crippen molar-refractivity contribution in [2.24, 2.45) is 5.92 Å². The minimum absolute atomic E-state index is 0.0390. The molecule has 1 unspecified atom stereocenters. The number of nitrogens with one attached hydrogen (secondary N) is 1. The highest BCUT2D eigenvalue weighted by molar-refractivity contribution is 7.89. The second-order valence-corrected chi connectivity index (χ2v) is 13.0. The molecule has 3 aromatic rings. The minimum atomic E-state index is -3.95. The number of aromatic nitrogens is 2. The number of amides is 1. The summed E-state index contributed by atoms with van der Waals surface area (Å²) in [5, 5.41) is 12.5. The molecule has 1 aliphatic rings. The molecule has 0 saturated heterocycles. The highest BCUT2D eigenvalue weighted by atomic mass is 32.2. The molecule has 216 valence electrons. The number of carboxylic acid groups (broad SMARTS) is 1. The summed E-state index contributed by atoms with van der Waals surface area (Å²) in [6.07, 6.45) is 5.60. The highest BCUT2D eigenvalue weighted by Gasteiger charge is 2.29. The molecule has 1 fully saturated rings. The van der Waals surface area contributed by atoms with Gasteiger partial charge in [0.05, 0.1) is 23.8 Å². The maximum absolute atomic E-state index is 13.6. The minimum Gasteiger partial charge on any atom is -0.481 e. The van der Waals surface area contributed by atoms with Gasteiger partial charge in [-0.15, -0.1) is 0 Å². The fourth-order valence-corrected chi connectivity index (χ4v) is 7.34. The van der Waals surface area contributed by atoms with Gasteiger partial charge in [0.2, 0.25) is 15.9 Å². The van der Waals surface area contributed by atoms with E-state index in [1.807, 2.05) is 19.1 Å². The van der Waals surface area contributed by atoms with E-state index in [2.05, 4.69) is 15.3 Å². The van der Waals surface area contributed by atoms with Crippen LogP contribution in [-0.4, -0.2) is 66.5 Å². The molecule has 1 amide bonds. The average molecular weight is 589 g/mol. The Morgan fingerprint density at radius 2 is 1.85 bits per heavy atom. The van der Waals surface area contributed by atoms with Gasteiger partial charge in [-0.1, -0.05) is 56.1 Å². The molecule has 0 bridgehead atoms. The molecule has 2 aromatic heterocycles. The first-order valence-corrected chi connectivity index (χ1v) is 15.8. The molecule has 10 nitrogen and oxygen atoms in total. The van der Waals surface area contributed by atoms with E-state index < -0.39 is 21.9 Å². The first kappa shape index (κ1) is 30.0. The second kappa shape index (κ2) is 13.6. The third kappa shape index (κ3) is 7.42. The maximum atomic E-state index is 13.6. The molecule has 40 heavy (non-hydrogen) atoms. The van der Waals surface area contributed by atoms with Crippen molar-refractivity contribution in [2.45, 2.75) is 62.7 Å². The largest absolute Gasteiger partial charge is 0.481 e. The molecule has 12 heteroatoms. The van der Waals surface area contributed by atoms with E-state index in [9.17, 15) is 18.0 Å². The zero-order chi connectivity index (χ0) is 28.7. The number of carbonyl (C=O) groups is 2. The molecule has 1 saturated carbocycles. The maximum Gasteiger partial charge on any atom is 0.304 e. The van der Waals surface area contributed by atoms with Crippen molar-refractivity contribution in [2.75, 3.05) is 32.1 Å². The van der Waals surface area contributed by atoms with Gasteiger partial charge in [0.25, 0.3) is 0 Å². The third-order valence-corrected chi connectivity index (χ3v) is 10.1. The van der Waals surface area contributed by atoms with Gasteiger partial charge < -0.3 is 15.2 Å². The van der Waals surface area contributed by atoms with Gasteiger partial charge in [-0.2, -0.15) is 4.31 Å². The van der Waals surface area contributed by atoms with Crippen LogP contribution >= 0.6 is 11.3 Å². The number of pyridine rings is 1. The van der Waals surface area contributed by atoms with Crippen LogP contribution in [0.2, 0.25) is 0 Å². The van der Waals surface area contributed by atoms with Crippen molar-refractivity contribution in [1.82, 2.24) is 14.3 Å². The summed E-state index contributed by atoms with van der Waals surface area (Å²) in [4.78, 5) is 34.6. The highest BCUT2D eigenvalue weighted by Crippen LogP contribution is 2.36. The lowest BCUT2D eigenvalue weighted by atomic mass is 9.87. The summed E-state index contributed by atoms with van der Waals surface area (Å²) in [6.45, 7) is 2.06. The smallest absolute Gasteiger partial charge is 0.304 e. The standard InChI is InChI=1S/C28H36N4O6S2/c1-3-21-10-13-24-27(29-21)39-28(30-24)31-26(35)23(18-19-6-4-5-7-19)20-8-11-22(12-9-20)40(36,37)32(16-17-38-2)15-14-25(33)34/h8-13,19,23H,3-7,14-18H2,1-2H3,(H,33,34)(H,30,31,35). The van der Waals surface area contributed by atoms with Gasteiger partial charge in [0.15, 0.2) is 5.13 Å². The summed E-state index contributed by atoms with van der Waals surface area (Å²) in [7, 11) is -2.49. The van der Waals surface area contributed by atoms with E-state index in [0.717, 1.165) is 58.0 Å². The van der Waals surface area contributed by atoms with Crippen molar-refractivity contribution >= 4 is 48.7 Å². The molecule has 0 spiro atoms. The topological polar surface area (TPSA) is 139 Å². The SMILES string of the molecule is CCc1ccc2nc(NC(=O)C(CC3CCCC3)c3ccc(S(=O)(=O)N(CCOC)CCC(=O)O)cc3)sc2n1. The number of aliphatic carboxylic acids is 1. The summed E-state index contributed by atoms with van der Waals surface area (Å²) in [6, 6.07) is 10.2. The number of ether oxygens (including phenoxy) is 1. The number of hydrogen-bond donors (Lipinski definition) is 2. The molecule has 1 atom stereocenters. The molecule has 0 radical (unpaired) electrons. The van der Waals surface area contributed by atoms with Crippen LogP contribution in [0, 0.1) is 5.92 Å². The number of nitrogens with zero attached hydrogens (tertiary/aromatic N) is 3. The van der Waals surface area contributed by atoms with Crippen LogP contribution < -0.4 is 5.32 Å². The van der Waals surface area contributed by atoms with Crippen LogP contribution in [0.5, 0.6) is 0 Å². The van der Waals surface area contributed by atoms with Crippen molar-refractivity contribution in [1.29, 1.82) is 0 Å². The quantitative estimate of drug-likeness (QED) is 0.277. The van der Waals surface area contributed by atoms with Crippen LogP contribution in [0.4, 0.5) is 5.13 Å². The molecule has 4 rings (SSSR count). The number of thiazole rings is 1. The number of rotatable bonds is 14. The zero-order valence-corrected chi connectivity index (χ0v) is 24.5. The van der Waals surface area contributed by atoms with Gasteiger partial charge in [0.1, 0.15) is 10.3 Å². The summed E-state index contributed by atoms with van der Waals surface area (Å²) >= 11 is 1.34. The van der Waals surface area contributed by atoms with Crippen LogP contribution in [-0.2, 0) is 30.8 Å². The number of benzene rings is 1. The van der Waals surface area contributed by atoms with Gasteiger partial charge in [-0.25, -0.2) is 18.4 Å². The number of aryl methyl sites for hydroxylation is 1. The molecular formula is C28H36N4O6S2. The number of fused-ring (bicyclic) bond motifs is 1. The molecule has 1 aliphatic carbocycles. The Kier molecular flexibility index (Phi) is 10.2. The summed E-state index contributed by atoms with van der Waals surface area (Å²) < 4.78 is 32.7. The summed E-state index contributed by atoms with van der Waals surface area (Å²) in [5.41, 5.74) is 2.43. The Morgan fingerprint density at radius 1 is 1.12 bits per heavy atom. The summed E-state index contributed by atoms with van der Waals surface area (Å²) in [5.74, 6) is -1.31. The fourth-order valence-electron chi connectivity index (χ4n) is 5.06. The van der Waals surface area contributed by atoms with Gasteiger partial charge >= 0.3 is 5.97 Å². The van der Waals surface area contributed by atoms with E-state index in [1.54, 1.807) is 12.1 Å². The van der Waals surface area contributed by atoms with Crippen LogP contribution in [0.15, 0.2) is 41.3 Å². The fraction of sp³-hybridized carbons (Fsp3) is 0.500. The van der Waals surface area contributed by atoms with E-state index >= 15 is 0 Å². The Balaban J connectivity index is 1.56. The normalized spacial score (nSPS) is 15.1. The van der Waals surface area contributed by atoms with Crippen LogP contribution in [0.25, 0.3) is 10.3 Å². The van der Waals surface area contributed by atoms with Gasteiger partial charge in [0, 0.05) is 25.9 Å². The molecule has 2 N–H and O–H groups in total. The van der Waals surface area contributed by atoms with E-state index in [0.29, 0.717) is 17.5 Å². The van der Waals surface area contributed by atoms with Crippen molar-refractivity contribution in [3.8, 4) is 0 Å². The predicted molar refractivity (Wildman–Crippen MR) is 154 cm³/mol. The van der Waals surface area contributed by atoms with Crippen LogP contribution in [0.3, 0.4) is 0 Å². The van der Waals surface area contributed by atoms with E-state index in [1.165, 1.54) is 30.6 Å². The lowest BCUT2D eigenvalue weighted by Crippen LogP contribution is -2.35. The number of sulfonamides is 1. The lowest BCUT2D eigenvalue weighted by molar-refractivity contribution is -0.137. The monoisotopic (exact) mass is 588 g/mol. The molecule has 2 heterocycles. The number of anilines is 1. The van der Waals surface area contributed by atoms with E-state index in [4.69, 9.17) is 9.84 Å². The first-order chi connectivity index (χ1) is 19.2. The number of hydrogen-bond acceptors (Lipinski definition) is 8. The number of carbonyl (C=O) groups excluding carboxylic acids is 1. The Bertz CT molecular complexity index is 1420. The Labute approximate surface area is 238 Å². The van der Waals surface area contributed by atoms with Crippen molar-refractivity contribution in [3.05, 3.63) is 47.7 Å². The van der Waals surface area contributed by atoms with Gasteiger partial charge in [-0.3, -0.25) is 9.59 Å². The van der Waals surface area contributed by atoms with Gasteiger partial charge in [-0.05, 0) is 48.6 Å². The first-order valence-electron chi connectivity index (χ1n) is 13.6. The van der Waals surface area contributed by atoms with Crippen LogP contribution in [0.1, 0.15) is 62.6 Å². The Hall–Kier alpha value is -2.93.